The number of hydrogen-bond acceptors (Lipinski definition) is 13. The van der Waals surface area contributed by atoms with Crippen LogP contribution >= 0.6 is 0 Å². The zero-order valence-corrected chi connectivity index (χ0v) is 45.9. The number of cyclic esters (lactones) is 1. The van der Waals surface area contributed by atoms with Crippen LogP contribution in [0.2, 0.25) is 0 Å². The van der Waals surface area contributed by atoms with Crippen molar-refractivity contribution in [3.05, 3.63) is 77.9 Å². The summed E-state index contributed by atoms with van der Waals surface area (Å²) >= 11 is 0. The Labute approximate surface area is 435 Å². The van der Waals surface area contributed by atoms with Crippen LogP contribution in [0.25, 0.3) is 0 Å². The fourth-order valence-corrected chi connectivity index (χ4v) is 12.8. The molecule has 1 aromatic carbocycles. The van der Waals surface area contributed by atoms with Gasteiger partial charge in [0.1, 0.15) is 24.4 Å². The van der Waals surface area contributed by atoms with Gasteiger partial charge in [-0.25, -0.2) is 13.2 Å². The van der Waals surface area contributed by atoms with Gasteiger partial charge in [0, 0.05) is 45.7 Å². The van der Waals surface area contributed by atoms with Crippen molar-refractivity contribution in [2.45, 2.75) is 191 Å². The number of aliphatic hydroxyl groups is 3. The van der Waals surface area contributed by atoms with Crippen molar-refractivity contribution in [1.29, 1.82) is 0 Å². The average Bonchev–Trinajstić information content (AvgIpc) is 3.37. The minimum atomic E-state index is -4.05. The highest BCUT2D eigenvalue weighted by Gasteiger charge is 2.53. The van der Waals surface area contributed by atoms with Crippen LogP contribution in [0.3, 0.4) is 0 Å². The number of hydrogen-bond donors (Lipinski definition) is 3. The van der Waals surface area contributed by atoms with Crippen molar-refractivity contribution in [3.63, 3.8) is 0 Å². The minimum absolute atomic E-state index is 0.0265. The van der Waals surface area contributed by atoms with Crippen LogP contribution in [0, 0.1) is 35.5 Å². The van der Waals surface area contributed by atoms with Crippen molar-refractivity contribution in [2.75, 3.05) is 27.8 Å². The molecule has 1 aromatic rings. The van der Waals surface area contributed by atoms with Gasteiger partial charge in [0.2, 0.25) is 15.8 Å². The summed E-state index contributed by atoms with van der Waals surface area (Å²) in [6.07, 6.45) is 12.9. The molecule has 3 heterocycles. The van der Waals surface area contributed by atoms with Crippen LogP contribution in [0.4, 0.5) is 0 Å². The molecule has 15 atom stereocenters. The number of benzene rings is 1. The van der Waals surface area contributed by atoms with Crippen LogP contribution in [-0.2, 0) is 48.1 Å². The molecule has 2 saturated heterocycles. The van der Waals surface area contributed by atoms with Crippen LogP contribution < -0.4 is 0 Å². The Balaban J connectivity index is 1.51. The van der Waals surface area contributed by atoms with E-state index in [9.17, 15) is 42.9 Å². The molecule has 1 amide bonds. The molecular weight excluding hydrogens is 953 g/mol. The predicted molar refractivity (Wildman–Crippen MR) is 279 cm³/mol. The molecule has 0 aromatic heterocycles. The topological polar surface area (TPSA) is 207 Å². The highest BCUT2D eigenvalue weighted by Crippen LogP contribution is 2.39. The summed E-state index contributed by atoms with van der Waals surface area (Å²) in [5.41, 5.74) is 1.23. The lowest BCUT2D eigenvalue weighted by Crippen LogP contribution is -2.61. The smallest absolute Gasteiger partial charge is 0.329 e. The second-order valence-corrected chi connectivity index (χ2v) is 23.8. The number of amides is 1. The Morgan fingerprint density at radius 3 is 2.23 bits per heavy atom. The van der Waals surface area contributed by atoms with Gasteiger partial charge in [-0.05, 0) is 139 Å². The third-order valence-corrected chi connectivity index (χ3v) is 18.0. The standard InChI is InChI=1S/C57H86N2O13S/c1-36-19-13-11-14-20-38(3)47(58(8)73(67,68)45-21-15-12-16-22-45)35-44-27-25-42(7)57(66,72-44)54(63)55(64)59-30-18-17-23-46(59)56(65)71-49(39(4)33-43-26-28-48(60)50(34-43)69-9)29-24-37(2)32-41(6)52(62)53(70-10)51(61)40(5)31-36/h11-16,19-22,32,36-37,39-40,42-44,46-50,52-53,60,62,66H,17-18,23-31,33-35H2,1-10H3/b14-11+,19-13+,38-20+,41-32+/t36-,37+,39-,40-,42-,43-,44+,46+,47-,48-,49+,50-,52-,53+,57-/m1/s1. The van der Waals surface area contributed by atoms with Gasteiger partial charge in [-0.15, -0.1) is 0 Å². The molecule has 1 aliphatic carbocycles. The summed E-state index contributed by atoms with van der Waals surface area (Å²) in [5.74, 6) is -6.97. The Kier molecular flexibility index (Phi) is 22.4. The number of sulfonamides is 1. The molecule has 16 heteroatoms. The van der Waals surface area contributed by atoms with E-state index in [4.69, 9.17) is 18.9 Å². The molecule has 3 N–H and O–H groups in total. The molecule has 15 nitrogen and oxygen atoms in total. The molecular formula is C57H86N2O13S. The number of likely N-dealkylation sites (N-methyl/N-ethyl adjacent to an activating group) is 1. The molecule has 5 rings (SSSR count). The SMILES string of the molecule is CO[C@@H]1C[C@@H](C[C@@H](C)[C@@H]2CC[C@H](C)/C=C(\C)[C@@H](O)[C@@H](OC)C(=O)[C@H](C)C[C@H](C)/C=C/C=C/C=C(\C)[C@H](N(C)S(=O)(=O)c3ccccc3)C[C@@H]3CC[C@@H](C)[C@@](O)(O3)C(=O)C(=O)N3CCCC[C@H]3C(=O)O2)CC[C@H]1O. The molecule has 2 bridgehead atoms. The predicted octanol–water partition coefficient (Wildman–Crippen LogP) is 7.68. The molecule has 73 heavy (non-hydrogen) atoms. The van der Waals surface area contributed by atoms with E-state index in [-0.39, 0.29) is 59.8 Å². The van der Waals surface area contributed by atoms with E-state index >= 15 is 0 Å². The van der Waals surface area contributed by atoms with Gasteiger partial charge < -0.3 is 39.2 Å². The van der Waals surface area contributed by atoms with Gasteiger partial charge in [0.05, 0.1) is 23.2 Å². The van der Waals surface area contributed by atoms with Crippen molar-refractivity contribution in [2.24, 2.45) is 35.5 Å². The van der Waals surface area contributed by atoms with Gasteiger partial charge in [-0.2, -0.15) is 4.31 Å². The summed E-state index contributed by atoms with van der Waals surface area (Å²) in [6.45, 7) is 13.2. The number of Topliss-reactive ketones (excluding diaryl/α,β-unsaturated/α-hetero) is 2. The van der Waals surface area contributed by atoms with E-state index in [1.165, 1.54) is 35.5 Å². The molecule has 0 unspecified atom stereocenters. The number of carbonyl (C=O) groups excluding carboxylic acids is 4. The first-order chi connectivity index (χ1) is 34.5. The number of ether oxygens (including phenoxy) is 4. The second-order valence-electron chi connectivity index (χ2n) is 21.8. The minimum Gasteiger partial charge on any atom is -0.461 e. The number of rotatable bonds is 8. The van der Waals surface area contributed by atoms with E-state index < -0.39 is 87.9 Å². The Hall–Kier alpha value is -3.87. The van der Waals surface area contributed by atoms with E-state index in [0.717, 1.165) is 6.42 Å². The van der Waals surface area contributed by atoms with Gasteiger partial charge in [0.25, 0.3) is 11.7 Å². The van der Waals surface area contributed by atoms with Crippen molar-refractivity contribution in [1.82, 2.24) is 9.21 Å². The maximum Gasteiger partial charge on any atom is 0.329 e. The largest absolute Gasteiger partial charge is 0.461 e. The second kappa shape index (κ2) is 27.3. The zero-order valence-electron chi connectivity index (χ0n) is 45.1. The van der Waals surface area contributed by atoms with Crippen molar-refractivity contribution in [3.8, 4) is 0 Å². The number of esters is 1. The maximum absolute atomic E-state index is 14.5. The van der Waals surface area contributed by atoms with E-state index in [1.807, 2.05) is 52.0 Å². The fraction of sp³-hybridized carbons (Fsp3) is 0.684. The van der Waals surface area contributed by atoms with E-state index in [1.54, 1.807) is 58.2 Å². The number of methoxy groups -OCH3 is 2. The lowest BCUT2D eigenvalue weighted by atomic mass is 9.78. The monoisotopic (exact) mass is 1040 g/mol. The number of aliphatic hydroxyl groups excluding tert-OH is 2. The first-order valence-corrected chi connectivity index (χ1v) is 28.1. The lowest BCUT2D eigenvalue weighted by Gasteiger charge is -2.43. The van der Waals surface area contributed by atoms with Crippen LogP contribution in [0.1, 0.15) is 132 Å². The summed E-state index contributed by atoms with van der Waals surface area (Å²) in [5, 5.41) is 34.3. The molecule has 4 aliphatic rings. The zero-order chi connectivity index (χ0) is 53.8. The average molecular weight is 1040 g/mol. The van der Waals surface area contributed by atoms with Crippen molar-refractivity contribution >= 4 is 33.5 Å². The quantitative estimate of drug-likeness (QED) is 0.130. The van der Waals surface area contributed by atoms with E-state index in [0.29, 0.717) is 75.4 Å². The summed E-state index contributed by atoms with van der Waals surface area (Å²) in [6, 6.07) is 6.15. The molecule has 3 fully saturated rings. The number of piperidine rings is 1. The lowest BCUT2D eigenvalue weighted by molar-refractivity contribution is -0.264. The summed E-state index contributed by atoms with van der Waals surface area (Å²) in [7, 11) is 0.450. The number of nitrogens with zero attached hydrogens (tertiary/aromatic N) is 2. The highest BCUT2D eigenvalue weighted by molar-refractivity contribution is 7.89. The third-order valence-electron chi connectivity index (χ3n) is 16.1. The fourth-order valence-electron chi connectivity index (χ4n) is 11.4. The Bertz CT molecular complexity index is 2250. The van der Waals surface area contributed by atoms with Crippen molar-refractivity contribution < 1.29 is 61.9 Å². The van der Waals surface area contributed by atoms with E-state index in [2.05, 4.69) is 0 Å². The molecule has 0 spiro atoms. The number of allylic oxidation sites excluding steroid dienone is 6. The van der Waals surface area contributed by atoms with Crippen LogP contribution in [0.5, 0.6) is 0 Å². The molecule has 3 aliphatic heterocycles. The Morgan fingerprint density at radius 1 is 0.836 bits per heavy atom. The normalized spacial score (nSPS) is 37.5. The third kappa shape index (κ3) is 15.4. The summed E-state index contributed by atoms with van der Waals surface area (Å²) < 4.78 is 53.5. The highest BCUT2D eigenvalue weighted by atomic mass is 32.2. The van der Waals surface area contributed by atoms with Gasteiger partial charge in [-0.1, -0.05) is 94.8 Å². The van der Waals surface area contributed by atoms with Gasteiger partial charge in [-0.3, -0.25) is 14.4 Å². The van der Waals surface area contributed by atoms with Gasteiger partial charge >= 0.3 is 5.97 Å². The van der Waals surface area contributed by atoms with Gasteiger partial charge in [0.15, 0.2) is 5.78 Å². The molecule has 408 valence electrons. The number of ketones is 2. The molecule has 0 radical (unpaired) electrons. The maximum atomic E-state index is 14.5. The Morgan fingerprint density at radius 2 is 1.55 bits per heavy atom. The first-order valence-electron chi connectivity index (χ1n) is 26.7. The number of fused-ring (bicyclic) bond motifs is 3. The number of carbonyl (C=O) groups is 4. The first kappa shape index (κ1) is 60.0. The van der Waals surface area contributed by atoms with Crippen LogP contribution in [-0.4, -0.2) is 139 Å². The molecule has 1 saturated carbocycles. The summed E-state index contributed by atoms with van der Waals surface area (Å²) in [4.78, 5) is 58.7. The van der Waals surface area contributed by atoms with Crippen LogP contribution in [0.15, 0.2) is 82.8 Å².